The fourth-order valence-electron chi connectivity index (χ4n) is 4.38. The lowest BCUT2D eigenvalue weighted by atomic mass is 10.0. The normalized spacial score (nSPS) is 14.3. The maximum Gasteiger partial charge on any atom is -0.00610 e. The summed E-state index contributed by atoms with van der Waals surface area (Å²) in [6, 6.07) is 7.10. The van der Waals surface area contributed by atoms with E-state index in [1.165, 1.54) is 12.3 Å². The molecule has 0 nitrogen and oxygen atoms in total. The van der Waals surface area contributed by atoms with Crippen LogP contribution in [0.2, 0.25) is 0 Å². The lowest BCUT2D eigenvalue weighted by Gasteiger charge is -2.43. The molecule has 0 unspecified atom stereocenters. The van der Waals surface area contributed by atoms with Crippen molar-refractivity contribution in [3.05, 3.63) is 34.9 Å². The number of hydrogen-bond donors (Lipinski definition) is 0. The summed E-state index contributed by atoms with van der Waals surface area (Å²) in [6.07, 6.45) is 2.48. The minimum atomic E-state index is -0.108. The first kappa shape index (κ1) is 25.1. The van der Waals surface area contributed by atoms with Crippen LogP contribution in [0.3, 0.4) is 0 Å². The van der Waals surface area contributed by atoms with Crippen molar-refractivity contribution in [3.8, 4) is 0 Å². The van der Waals surface area contributed by atoms with E-state index in [-0.39, 0.29) is 15.8 Å². The largest absolute Gasteiger partial charge is 0.0911 e. The van der Waals surface area contributed by atoms with Crippen LogP contribution in [0.15, 0.2) is 18.2 Å². The van der Waals surface area contributed by atoms with Crippen LogP contribution in [0.4, 0.5) is 0 Å². The summed E-state index contributed by atoms with van der Waals surface area (Å²) < 4.78 is 0. The third-order valence-electron chi connectivity index (χ3n) is 5.45. The highest BCUT2D eigenvalue weighted by molar-refractivity contribution is 7.60. The Morgan fingerprint density at radius 2 is 0.815 bits per heavy atom. The van der Waals surface area contributed by atoms with E-state index >= 15 is 0 Å². The van der Waals surface area contributed by atoms with Gasteiger partial charge in [-0.2, -0.15) is 0 Å². The monoisotopic (exact) mass is 408 g/mol. The molecule has 0 aliphatic carbocycles. The molecular weight excluding hydrogens is 362 g/mol. The van der Waals surface area contributed by atoms with Crippen LogP contribution in [-0.4, -0.2) is 20.6 Å². The maximum atomic E-state index is 2.43. The van der Waals surface area contributed by atoms with Gasteiger partial charge < -0.3 is 0 Å². The van der Waals surface area contributed by atoms with Crippen molar-refractivity contribution in [1.29, 1.82) is 0 Å². The van der Waals surface area contributed by atoms with Crippen molar-refractivity contribution < 1.29 is 0 Å². The van der Waals surface area contributed by atoms with Gasteiger partial charge in [0.1, 0.15) is 0 Å². The van der Waals surface area contributed by atoms with Crippen LogP contribution in [-0.2, 0) is 12.3 Å². The molecule has 0 N–H and O–H groups in total. The van der Waals surface area contributed by atoms with Gasteiger partial charge in [-0.15, -0.1) is 0 Å². The Morgan fingerprint density at radius 1 is 0.556 bits per heavy atom. The fraction of sp³-hybridized carbons (Fsp3) is 0.760. The SMILES string of the molecule is Cc1c(CP(C(C)(C)C)C(C)(C)C)cccc1CP(C(C)(C)C)C(C)(C)C. The maximum absolute atomic E-state index is 2.43. The quantitative estimate of drug-likeness (QED) is 0.436. The van der Waals surface area contributed by atoms with Gasteiger partial charge in [-0.3, -0.25) is 0 Å². The van der Waals surface area contributed by atoms with Crippen molar-refractivity contribution in [2.24, 2.45) is 0 Å². The minimum Gasteiger partial charge on any atom is -0.0911 e. The van der Waals surface area contributed by atoms with Crippen molar-refractivity contribution >= 4 is 15.8 Å². The smallest absolute Gasteiger partial charge is 0.00610 e. The second kappa shape index (κ2) is 8.44. The number of rotatable bonds is 4. The lowest BCUT2D eigenvalue weighted by Crippen LogP contribution is -2.26. The molecule has 0 saturated carbocycles. The Hall–Kier alpha value is 0.0800. The predicted octanol–water partition coefficient (Wildman–Crippen LogP) is 9.15. The molecule has 2 heteroatoms. The van der Waals surface area contributed by atoms with Crippen LogP contribution < -0.4 is 0 Å². The average Bonchev–Trinajstić information content (AvgIpc) is 2.39. The van der Waals surface area contributed by atoms with Crippen LogP contribution in [0.1, 0.15) is 99.8 Å². The molecule has 0 bridgehead atoms. The zero-order chi connectivity index (χ0) is 21.4. The van der Waals surface area contributed by atoms with E-state index in [4.69, 9.17) is 0 Å². The summed E-state index contributed by atoms with van der Waals surface area (Å²) in [7, 11) is -0.216. The van der Waals surface area contributed by atoms with E-state index in [1.807, 2.05) is 0 Å². The summed E-state index contributed by atoms with van der Waals surface area (Å²) in [4.78, 5) is 0. The molecule has 0 aliphatic heterocycles. The topological polar surface area (TPSA) is 0 Å². The molecule has 0 aliphatic rings. The molecule has 1 rings (SSSR count). The average molecular weight is 409 g/mol. The molecule has 0 radical (unpaired) electrons. The first-order valence-electron chi connectivity index (χ1n) is 10.5. The molecule has 0 atom stereocenters. The van der Waals surface area contributed by atoms with Crippen molar-refractivity contribution in [2.45, 2.75) is 123 Å². The molecule has 156 valence electrons. The van der Waals surface area contributed by atoms with Crippen LogP contribution in [0, 0.1) is 6.92 Å². The van der Waals surface area contributed by atoms with Gasteiger partial charge in [0, 0.05) is 0 Å². The predicted molar refractivity (Wildman–Crippen MR) is 131 cm³/mol. The summed E-state index contributed by atoms with van der Waals surface area (Å²) in [5, 5.41) is 1.50. The van der Waals surface area contributed by atoms with Gasteiger partial charge in [0.15, 0.2) is 0 Å². The number of hydrogen-bond acceptors (Lipinski definition) is 0. The molecule has 1 aromatic carbocycles. The Labute approximate surface area is 173 Å². The first-order valence-corrected chi connectivity index (χ1v) is 13.5. The second-order valence-electron chi connectivity index (χ2n) is 12.1. The van der Waals surface area contributed by atoms with Crippen LogP contribution in [0.5, 0.6) is 0 Å². The zero-order valence-corrected chi connectivity index (χ0v) is 22.3. The molecule has 0 heterocycles. The minimum absolute atomic E-state index is 0.108. The standard InChI is InChI=1S/C25H46P2/c1-19-20(17-26(22(2,3)4)23(5,6)7)15-14-16-21(19)18-27(24(8,9)10)25(11,12)13/h14-16H,17-18H2,1-13H3. The number of benzene rings is 1. The Bertz CT molecular complexity index is 535. The Balaban J connectivity index is 3.27. The Kier molecular flexibility index (Phi) is 7.85. The summed E-state index contributed by atoms with van der Waals surface area (Å²) in [6.45, 7) is 31.6. The molecule has 0 spiro atoms. The van der Waals surface area contributed by atoms with E-state index in [0.29, 0.717) is 20.6 Å². The van der Waals surface area contributed by atoms with Gasteiger partial charge in [0.25, 0.3) is 0 Å². The van der Waals surface area contributed by atoms with Crippen molar-refractivity contribution in [3.63, 3.8) is 0 Å². The summed E-state index contributed by atoms with van der Waals surface area (Å²) in [5.74, 6) is 0. The lowest BCUT2D eigenvalue weighted by molar-refractivity contribution is 0.701. The molecule has 0 fully saturated rings. The van der Waals surface area contributed by atoms with E-state index in [1.54, 1.807) is 16.7 Å². The fourth-order valence-corrected chi connectivity index (χ4v) is 11.7. The van der Waals surface area contributed by atoms with Gasteiger partial charge in [0.05, 0.1) is 0 Å². The molecular formula is C25H46P2. The third kappa shape index (κ3) is 7.12. The van der Waals surface area contributed by atoms with Crippen LogP contribution >= 0.6 is 15.8 Å². The third-order valence-corrected chi connectivity index (χ3v) is 13.2. The molecule has 1 aromatic rings. The van der Waals surface area contributed by atoms with E-state index in [9.17, 15) is 0 Å². The second-order valence-corrected chi connectivity index (χ2v) is 19.8. The Morgan fingerprint density at radius 3 is 1.04 bits per heavy atom. The highest BCUT2D eigenvalue weighted by atomic mass is 31.1. The van der Waals surface area contributed by atoms with E-state index < -0.39 is 0 Å². The summed E-state index contributed by atoms with van der Waals surface area (Å²) >= 11 is 0. The van der Waals surface area contributed by atoms with Gasteiger partial charge >= 0.3 is 0 Å². The summed E-state index contributed by atoms with van der Waals surface area (Å²) in [5.41, 5.74) is 4.72. The highest BCUT2D eigenvalue weighted by Gasteiger charge is 2.36. The van der Waals surface area contributed by atoms with Gasteiger partial charge in [-0.05, 0) is 56.6 Å². The van der Waals surface area contributed by atoms with Crippen molar-refractivity contribution in [1.82, 2.24) is 0 Å². The molecule has 0 saturated heterocycles. The zero-order valence-electron chi connectivity index (χ0n) is 20.5. The van der Waals surface area contributed by atoms with E-state index in [0.717, 1.165) is 0 Å². The van der Waals surface area contributed by atoms with Crippen molar-refractivity contribution in [2.75, 3.05) is 0 Å². The van der Waals surface area contributed by atoms with Gasteiger partial charge in [0.2, 0.25) is 0 Å². The molecule has 0 amide bonds. The van der Waals surface area contributed by atoms with Gasteiger partial charge in [-0.25, -0.2) is 0 Å². The van der Waals surface area contributed by atoms with Crippen LogP contribution in [0.25, 0.3) is 0 Å². The highest BCUT2D eigenvalue weighted by Crippen LogP contribution is 2.63. The molecule has 27 heavy (non-hydrogen) atoms. The van der Waals surface area contributed by atoms with E-state index in [2.05, 4.69) is 108 Å². The molecule has 0 aromatic heterocycles. The first-order chi connectivity index (χ1) is 11.8. The van der Waals surface area contributed by atoms with Gasteiger partial charge in [-0.1, -0.05) is 117 Å².